The lowest BCUT2D eigenvalue weighted by Gasteiger charge is -2.13. The number of aromatic nitrogens is 1. The van der Waals surface area contributed by atoms with Crippen LogP contribution in [0, 0.1) is 11.7 Å². The SMILES string of the molecule is CC(C)CNC(=O)C(C)S(=O)(=O)Cc1csc(-c2ccc(F)cc2)n1. The molecule has 1 N–H and O–H groups in total. The van der Waals surface area contributed by atoms with Gasteiger partial charge in [-0.25, -0.2) is 17.8 Å². The van der Waals surface area contributed by atoms with Crippen LogP contribution in [0.5, 0.6) is 0 Å². The predicted octanol–water partition coefficient (Wildman–Crippen LogP) is 3.02. The lowest BCUT2D eigenvalue weighted by atomic mass is 10.2. The number of carbonyl (C=O) groups is 1. The lowest BCUT2D eigenvalue weighted by molar-refractivity contribution is -0.120. The average molecular weight is 384 g/mol. The number of carbonyl (C=O) groups excluding carboxylic acids is 1. The first-order valence-electron chi connectivity index (χ1n) is 7.88. The third-order valence-corrected chi connectivity index (χ3v) is 6.51. The molecule has 2 rings (SSSR count). The number of rotatable bonds is 7. The lowest BCUT2D eigenvalue weighted by Crippen LogP contribution is -2.39. The molecule has 0 radical (unpaired) electrons. The number of thiazole rings is 1. The number of nitrogens with zero attached hydrogens (tertiary/aromatic N) is 1. The highest BCUT2D eigenvalue weighted by Crippen LogP contribution is 2.25. The first-order valence-corrected chi connectivity index (χ1v) is 10.5. The van der Waals surface area contributed by atoms with Crippen molar-refractivity contribution < 1.29 is 17.6 Å². The quantitative estimate of drug-likeness (QED) is 0.796. The van der Waals surface area contributed by atoms with Crippen LogP contribution in [0.3, 0.4) is 0 Å². The summed E-state index contributed by atoms with van der Waals surface area (Å²) in [5, 5.41) is 3.76. The maximum Gasteiger partial charge on any atom is 0.238 e. The number of hydrogen-bond acceptors (Lipinski definition) is 5. The van der Waals surface area contributed by atoms with E-state index in [0.29, 0.717) is 17.2 Å². The summed E-state index contributed by atoms with van der Waals surface area (Å²) in [4.78, 5) is 16.3. The van der Waals surface area contributed by atoms with E-state index in [4.69, 9.17) is 0 Å². The van der Waals surface area contributed by atoms with Crippen LogP contribution in [0.4, 0.5) is 4.39 Å². The summed E-state index contributed by atoms with van der Waals surface area (Å²) >= 11 is 1.28. The smallest absolute Gasteiger partial charge is 0.238 e. The Morgan fingerprint density at radius 1 is 1.24 bits per heavy atom. The number of hydrogen-bond donors (Lipinski definition) is 1. The van der Waals surface area contributed by atoms with Crippen LogP contribution in [0.1, 0.15) is 26.5 Å². The molecule has 8 heteroatoms. The van der Waals surface area contributed by atoms with Crippen LogP contribution < -0.4 is 5.32 Å². The van der Waals surface area contributed by atoms with E-state index in [2.05, 4.69) is 10.3 Å². The predicted molar refractivity (Wildman–Crippen MR) is 97.4 cm³/mol. The summed E-state index contributed by atoms with van der Waals surface area (Å²) in [5.74, 6) is -0.899. The zero-order valence-corrected chi connectivity index (χ0v) is 16.0. The Kier molecular flexibility index (Phi) is 6.29. The van der Waals surface area contributed by atoms with Crippen molar-refractivity contribution in [3.8, 4) is 10.6 Å². The van der Waals surface area contributed by atoms with E-state index in [1.807, 2.05) is 13.8 Å². The van der Waals surface area contributed by atoms with Crippen LogP contribution in [-0.4, -0.2) is 31.1 Å². The van der Waals surface area contributed by atoms with Gasteiger partial charge in [0.2, 0.25) is 5.91 Å². The topological polar surface area (TPSA) is 76.1 Å². The molecule has 0 spiro atoms. The van der Waals surface area contributed by atoms with Gasteiger partial charge in [0.15, 0.2) is 9.84 Å². The third-order valence-electron chi connectivity index (χ3n) is 3.58. The summed E-state index contributed by atoms with van der Waals surface area (Å²) in [7, 11) is -3.66. The average Bonchev–Trinajstić information content (AvgIpc) is 3.00. The van der Waals surface area contributed by atoms with Crippen molar-refractivity contribution in [3.63, 3.8) is 0 Å². The van der Waals surface area contributed by atoms with Gasteiger partial charge in [-0.15, -0.1) is 11.3 Å². The molecule has 1 aromatic heterocycles. The van der Waals surface area contributed by atoms with Crippen molar-refractivity contribution in [3.05, 3.63) is 41.2 Å². The minimum absolute atomic E-state index is 0.246. The Labute approximate surface area is 151 Å². The second kappa shape index (κ2) is 8.05. The molecule has 0 saturated heterocycles. The Hall–Kier alpha value is -1.80. The van der Waals surface area contributed by atoms with E-state index < -0.39 is 21.0 Å². The minimum atomic E-state index is -3.66. The van der Waals surface area contributed by atoms with Gasteiger partial charge in [0.1, 0.15) is 16.1 Å². The highest BCUT2D eigenvalue weighted by Gasteiger charge is 2.29. The summed E-state index contributed by atoms with van der Waals surface area (Å²) < 4.78 is 37.8. The molecule has 0 fully saturated rings. The van der Waals surface area contributed by atoms with Crippen molar-refractivity contribution in [2.75, 3.05) is 6.54 Å². The number of amides is 1. The summed E-state index contributed by atoms with van der Waals surface area (Å²) in [6, 6.07) is 5.84. The number of halogens is 1. The Morgan fingerprint density at radius 3 is 2.48 bits per heavy atom. The molecule has 0 aliphatic heterocycles. The molecule has 25 heavy (non-hydrogen) atoms. The molecule has 2 aromatic rings. The molecule has 136 valence electrons. The molecular weight excluding hydrogens is 363 g/mol. The van der Waals surface area contributed by atoms with Gasteiger partial charge in [-0.3, -0.25) is 4.79 Å². The van der Waals surface area contributed by atoms with Crippen molar-refractivity contribution in [1.82, 2.24) is 10.3 Å². The molecule has 0 aliphatic rings. The van der Waals surface area contributed by atoms with Crippen LogP contribution in [0.25, 0.3) is 10.6 Å². The van der Waals surface area contributed by atoms with Crippen molar-refractivity contribution in [1.29, 1.82) is 0 Å². The Bertz CT molecular complexity index is 830. The fourth-order valence-electron chi connectivity index (χ4n) is 2.04. The molecule has 1 unspecified atom stereocenters. The Morgan fingerprint density at radius 2 is 1.88 bits per heavy atom. The van der Waals surface area contributed by atoms with Crippen LogP contribution in [0.2, 0.25) is 0 Å². The molecule has 1 heterocycles. The normalized spacial score (nSPS) is 13.0. The Balaban J connectivity index is 2.08. The molecule has 1 atom stereocenters. The zero-order chi connectivity index (χ0) is 18.6. The van der Waals surface area contributed by atoms with E-state index in [0.717, 1.165) is 5.56 Å². The van der Waals surface area contributed by atoms with Crippen molar-refractivity contribution in [2.45, 2.75) is 31.8 Å². The van der Waals surface area contributed by atoms with E-state index >= 15 is 0 Å². The van der Waals surface area contributed by atoms with Crippen molar-refractivity contribution in [2.24, 2.45) is 5.92 Å². The molecule has 0 saturated carbocycles. The summed E-state index contributed by atoms with van der Waals surface area (Å²) in [6.07, 6.45) is 0. The zero-order valence-electron chi connectivity index (χ0n) is 14.3. The standard InChI is InChI=1S/C17H21FN2O3S2/c1-11(2)8-19-16(21)12(3)25(22,23)10-15-9-24-17(20-15)13-4-6-14(18)7-5-13/h4-7,9,11-12H,8,10H2,1-3H3,(H,19,21). The van der Waals surface area contributed by atoms with E-state index in [1.54, 1.807) is 17.5 Å². The fourth-order valence-corrected chi connectivity index (χ4v) is 4.19. The molecule has 0 aliphatic carbocycles. The fraction of sp³-hybridized carbons (Fsp3) is 0.412. The van der Waals surface area contributed by atoms with Gasteiger partial charge in [-0.05, 0) is 37.1 Å². The van der Waals surface area contributed by atoms with Crippen LogP contribution in [-0.2, 0) is 20.4 Å². The maximum atomic E-state index is 13.0. The first-order chi connectivity index (χ1) is 11.7. The highest BCUT2D eigenvalue weighted by atomic mass is 32.2. The molecule has 1 aromatic carbocycles. The first kappa shape index (κ1) is 19.5. The van der Waals surface area contributed by atoms with Gasteiger partial charge in [0.25, 0.3) is 0 Å². The van der Waals surface area contributed by atoms with Crippen LogP contribution >= 0.6 is 11.3 Å². The second-order valence-corrected chi connectivity index (χ2v) is 9.42. The van der Waals surface area contributed by atoms with E-state index in [9.17, 15) is 17.6 Å². The highest BCUT2D eigenvalue weighted by molar-refractivity contribution is 7.92. The largest absolute Gasteiger partial charge is 0.355 e. The van der Waals surface area contributed by atoms with E-state index in [1.165, 1.54) is 30.4 Å². The van der Waals surface area contributed by atoms with Gasteiger partial charge in [0, 0.05) is 17.5 Å². The summed E-state index contributed by atoms with van der Waals surface area (Å²) in [6.45, 7) is 5.69. The molecular formula is C17H21FN2O3S2. The second-order valence-electron chi connectivity index (χ2n) is 6.24. The third kappa shape index (κ3) is 5.34. The number of benzene rings is 1. The number of nitrogens with one attached hydrogen (secondary N) is 1. The van der Waals surface area contributed by atoms with Crippen LogP contribution in [0.15, 0.2) is 29.6 Å². The van der Waals surface area contributed by atoms with Gasteiger partial charge in [-0.2, -0.15) is 0 Å². The molecule has 1 amide bonds. The van der Waals surface area contributed by atoms with Gasteiger partial charge in [0.05, 0.1) is 11.4 Å². The monoisotopic (exact) mass is 384 g/mol. The molecule has 5 nitrogen and oxygen atoms in total. The van der Waals surface area contributed by atoms with Crippen molar-refractivity contribution >= 4 is 27.1 Å². The number of sulfone groups is 1. The molecule has 0 bridgehead atoms. The minimum Gasteiger partial charge on any atom is -0.355 e. The van der Waals surface area contributed by atoms with Gasteiger partial charge in [-0.1, -0.05) is 13.8 Å². The maximum absolute atomic E-state index is 13.0. The van der Waals surface area contributed by atoms with Gasteiger partial charge >= 0.3 is 0 Å². The van der Waals surface area contributed by atoms with E-state index in [-0.39, 0.29) is 17.5 Å². The van der Waals surface area contributed by atoms with Gasteiger partial charge < -0.3 is 5.32 Å². The summed E-state index contributed by atoms with van der Waals surface area (Å²) in [5.41, 5.74) is 1.10.